The van der Waals surface area contributed by atoms with Gasteiger partial charge in [-0.25, -0.2) is 0 Å². The fraction of sp³-hybridized carbons (Fsp3) is 0.316. The van der Waals surface area contributed by atoms with Crippen molar-refractivity contribution < 1.29 is 14.3 Å². The van der Waals surface area contributed by atoms with E-state index in [0.717, 1.165) is 11.3 Å². The standard InChI is InChI=1S/C19H22ClNO3/c1-3-17(24-18-10-5-4-9-16(18)20)19(22)21-11-12-23-15-8-6-7-14(2)13-15/h4-10,13,17H,3,11-12H2,1-2H3,(H,21,22)/t17-/m0/s1. The van der Waals surface area contributed by atoms with E-state index in [1.807, 2.05) is 50.2 Å². The lowest BCUT2D eigenvalue weighted by Gasteiger charge is -2.18. The molecule has 4 nitrogen and oxygen atoms in total. The lowest BCUT2D eigenvalue weighted by atomic mass is 10.2. The van der Waals surface area contributed by atoms with Crippen molar-refractivity contribution >= 4 is 17.5 Å². The average molecular weight is 348 g/mol. The van der Waals surface area contributed by atoms with Gasteiger partial charge in [-0.15, -0.1) is 0 Å². The maximum Gasteiger partial charge on any atom is 0.261 e. The molecule has 0 spiro atoms. The summed E-state index contributed by atoms with van der Waals surface area (Å²) in [5, 5.41) is 3.32. The molecule has 0 aliphatic heterocycles. The summed E-state index contributed by atoms with van der Waals surface area (Å²) in [6.07, 6.45) is -0.0284. The molecule has 0 saturated carbocycles. The van der Waals surface area contributed by atoms with E-state index >= 15 is 0 Å². The van der Waals surface area contributed by atoms with Crippen LogP contribution in [0.3, 0.4) is 0 Å². The number of carbonyl (C=O) groups is 1. The number of ether oxygens (including phenoxy) is 2. The zero-order chi connectivity index (χ0) is 17.4. The molecule has 0 radical (unpaired) electrons. The quantitative estimate of drug-likeness (QED) is 0.734. The van der Waals surface area contributed by atoms with Gasteiger partial charge in [-0.1, -0.05) is 42.8 Å². The second-order valence-electron chi connectivity index (χ2n) is 5.40. The first-order valence-electron chi connectivity index (χ1n) is 7.98. The Morgan fingerprint density at radius 2 is 2.00 bits per heavy atom. The highest BCUT2D eigenvalue weighted by Gasteiger charge is 2.18. The first-order valence-corrected chi connectivity index (χ1v) is 8.36. The Kier molecular flexibility index (Phi) is 6.94. The summed E-state index contributed by atoms with van der Waals surface area (Å²) < 4.78 is 11.3. The summed E-state index contributed by atoms with van der Waals surface area (Å²) in [6.45, 7) is 4.71. The summed E-state index contributed by atoms with van der Waals surface area (Å²) in [4.78, 5) is 12.2. The minimum atomic E-state index is -0.580. The summed E-state index contributed by atoms with van der Waals surface area (Å²) in [6, 6.07) is 14.9. The van der Waals surface area contributed by atoms with Crippen LogP contribution in [-0.2, 0) is 4.79 Å². The summed E-state index contributed by atoms with van der Waals surface area (Å²) in [5.74, 6) is 1.13. The third-order valence-corrected chi connectivity index (χ3v) is 3.74. The van der Waals surface area contributed by atoms with Crippen molar-refractivity contribution in [1.29, 1.82) is 0 Å². The van der Waals surface area contributed by atoms with Crippen LogP contribution in [0.4, 0.5) is 0 Å². The van der Waals surface area contributed by atoms with Gasteiger partial charge in [0.15, 0.2) is 6.10 Å². The monoisotopic (exact) mass is 347 g/mol. The largest absolute Gasteiger partial charge is 0.492 e. The Balaban J connectivity index is 1.78. The topological polar surface area (TPSA) is 47.6 Å². The number of amides is 1. The number of nitrogens with one attached hydrogen (secondary N) is 1. The van der Waals surface area contributed by atoms with Gasteiger partial charge in [-0.3, -0.25) is 4.79 Å². The molecule has 2 aromatic carbocycles. The molecule has 0 heterocycles. The van der Waals surface area contributed by atoms with Gasteiger partial charge in [-0.2, -0.15) is 0 Å². The van der Waals surface area contributed by atoms with Crippen LogP contribution < -0.4 is 14.8 Å². The first kappa shape index (κ1) is 18.1. The van der Waals surface area contributed by atoms with Crippen molar-refractivity contribution in [3.05, 3.63) is 59.1 Å². The molecule has 0 bridgehead atoms. The number of benzene rings is 2. The lowest BCUT2D eigenvalue weighted by Crippen LogP contribution is -2.39. The van der Waals surface area contributed by atoms with Gasteiger partial charge in [0, 0.05) is 0 Å². The normalized spacial score (nSPS) is 11.6. The van der Waals surface area contributed by atoms with E-state index in [9.17, 15) is 4.79 Å². The van der Waals surface area contributed by atoms with E-state index in [1.54, 1.807) is 12.1 Å². The highest BCUT2D eigenvalue weighted by atomic mass is 35.5. The number of hydrogen-bond acceptors (Lipinski definition) is 3. The Morgan fingerprint density at radius 3 is 2.71 bits per heavy atom. The summed E-state index contributed by atoms with van der Waals surface area (Å²) >= 11 is 6.06. The van der Waals surface area contributed by atoms with Gasteiger partial charge >= 0.3 is 0 Å². The van der Waals surface area contributed by atoms with E-state index < -0.39 is 6.10 Å². The molecule has 128 valence electrons. The number of hydrogen-bond donors (Lipinski definition) is 1. The minimum absolute atomic E-state index is 0.176. The molecule has 0 aromatic heterocycles. The molecule has 1 amide bonds. The smallest absolute Gasteiger partial charge is 0.261 e. The third-order valence-electron chi connectivity index (χ3n) is 3.43. The van der Waals surface area contributed by atoms with Crippen molar-refractivity contribution in [2.24, 2.45) is 0 Å². The minimum Gasteiger partial charge on any atom is -0.492 e. The maximum absolute atomic E-state index is 12.2. The highest BCUT2D eigenvalue weighted by Crippen LogP contribution is 2.24. The first-order chi connectivity index (χ1) is 11.6. The molecule has 0 aliphatic carbocycles. The SMILES string of the molecule is CC[C@H](Oc1ccccc1Cl)C(=O)NCCOc1cccc(C)c1. The van der Waals surface area contributed by atoms with Crippen molar-refractivity contribution in [1.82, 2.24) is 5.32 Å². The average Bonchev–Trinajstić information content (AvgIpc) is 2.58. The Hall–Kier alpha value is -2.20. The van der Waals surface area contributed by atoms with Crippen molar-refractivity contribution in [2.75, 3.05) is 13.2 Å². The van der Waals surface area contributed by atoms with Crippen LogP contribution in [0.1, 0.15) is 18.9 Å². The lowest BCUT2D eigenvalue weighted by molar-refractivity contribution is -0.128. The van der Waals surface area contributed by atoms with Gasteiger partial charge in [-0.05, 0) is 43.2 Å². The number of rotatable bonds is 8. The van der Waals surface area contributed by atoms with Crippen molar-refractivity contribution in [3.8, 4) is 11.5 Å². The Morgan fingerprint density at radius 1 is 1.21 bits per heavy atom. The molecule has 0 saturated heterocycles. The van der Waals surface area contributed by atoms with E-state index in [4.69, 9.17) is 21.1 Å². The van der Waals surface area contributed by atoms with Gasteiger partial charge in [0.2, 0.25) is 0 Å². The number of para-hydroxylation sites is 1. The predicted molar refractivity (Wildman–Crippen MR) is 95.8 cm³/mol. The predicted octanol–water partition coefficient (Wildman–Crippen LogP) is 4.00. The van der Waals surface area contributed by atoms with Crippen LogP contribution in [-0.4, -0.2) is 25.2 Å². The zero-order valence-electron chi connectivity index (χ0n) is 13.9. The Labute approximate surface area is 147 Å². The zero-order valence-corrected chi connectivity index (χ0v) is 14.7. The van der Waals surface area contributed by atoms with Crippen molar-refractivity contribution in [2.45, 2.75) is 26.4 Å². The fourth-order valence-corrected chi connectivity index (χ4v) is 2.36. The summed E-state index contributed by atoms with van der Waals surface area (Å²) in [5.41, 5.74) is 1.13. The van der Waals surface area contributed by atoms with Crippen molar-refractivity contribution in [3.63, 3.8) is 0 Å². The van der Waals surface area contributed by atoms with Crippen LogP contribution in [0.25, 0.3) is 0 Å². The van der Waals surface area contributed by atoms with Crippen LogP contribution in [0.15, 0.2) is 48.5 Å². The second kappa shape index (κ2) is 9.18. The third kappa shape index (κ3) is 5.46. The molecule has 24 heavy (non-hydrogen) atoms. The summed E-state index contributed by atoms with van der Waals surface area (Å²) in [7, 11) is 0. The molecular weight excluding hydrogens is 326 g/mol. The molecule has 0 fully saturated rings. The van der Waals surface area contributed by atoms with Crippen LogP contribution in [0, 0.1) is 6.92 Å². The maximum atomic E-state index is 12.2. The van der Waals surface area contributed by atoms with Gasteiger partial charge < -0.3 is 14.8 Å². The number of aryl methyl sites for hydroxylation is 1. The molecule has 5 heteroatoms. The number of carbonyl (C=O) groups excluding carboxylic acids is 1. The molecule has 0 unspecified atom stereocenters. The van der Waals surface area contributed by atoms with Gasteiger partial charge in [0.25, 0.3) is 5.91 Å². The van der Waals surface area contributed by atoms with E-state index in [2.05, 4.69) is 5.32 Å². The van der Waals surface area contributed by atoms with E-state index in [-0.39, 0.29) is 5.91 Å². The molecule has 0 aliphatic rings. The molecule has 1 atom stereocenters. The van der Waals surface area contributed by atoms with Gasteiger partial charge in [0.05, 0.1) is 11.6 Å². The molecule has 2 aromatic rings. The molecule has 2 rings (SSSR count). The van der Waals surface area contributed by atoms with Gasteiger partial charge in [0.1, 0.15) is 18.1 Å². The molecular formula is C19H22ClNO3. The van der Waals surface area contributed by atoms with Crippen LogP contribution in [0.5, 0.6) is 11.5 Å². The highest BCUT2D eigenvalue weighted by molar-refractivity contribution is 6.32. The Bertz CT molecular complexity index is 675. The van der Waals surface area contributed by atoms with E-state index in [1.165, 1.54) is 0 Å². The van der Waals surface area contributed by atoms with E-state index in [0.29, 0.717) is 30.3 Å². The van der Waals surface area contributed by atoms with Crippen LogP contribution >= 0.6 is 11.6 Å². The molecule has 1 N–H and O–H groups in total. The fourth-order valence-electron chi connectivity index (χ4n) is 2.18. The van der Waals surface area contributed by atoms with Crippen LogP contribution in [0.2, 0.25) is 5.02 Å². The second-order valence-corrected chi connectivity index (χ2v) is 5.81. The number of halogens is 1.